The van der Waals surface area contributed by atoms with E-state index in [2.05, 4.69) is 0 Å². The maximum Gasteiger partial charge on any atom is 0.317 e. The standard InChI is InChI=1S/C16H18O3/c1-2-19-16(18)15(13-9-10-13)14(17)11-8-12-6-4-3-5-7-12/h3-8,11,13,15H,2,9-10H2,1H3. The summed E-state index contributed by atoms with van der Waals surface area (Å²) in [6.45, 7) is 2.07. The molecule has 100 valence electrons. The van der Waals surface area contributed by atoms with Crippen molar-refractivity contribution in [2.24, 2.45) is 11.8 Å². The molecule has 1 aromatic rings. The molecule has 0 spiro atoms. The van der Waals surface area contributed by atoms with Crippen LogP contribution in [-0.2, 0) is 14.3 Å². The number of carbonyl (C=O) groups excluding carboxylic acids is 2. The Morgan fingerprint density at radius 3 is 2.58 bits per heavy atom. The van der Waals surface area contributed by atoms with E-state index in [9.17, 15) is 9.59 Å². The largest absolute Gasteiger partial charge is 0.465 e. The molecular formula is C16H18O3. The summed E-state index contributed by atoms with van der Waals surface area (Å²) in [4.78, 5) is 23.9. The molecule has 19 heavy (non-hydrogen) atoms. The van der Waals surface area contributed by atoms with Crippen molar-refractivity contribution in [3.05, 3.63) is 42.0 Å². The smallest absolute Gasteiger partial charge is 0.317 e. The Hall–Kier alpha value is -1.90. The summed E-state index contributed by atoms with van der Waals surface area (Å²) in [5.74, 6) is -0.968. The zero-order valence-corrected chi connectivity index (χ0v) is 11.0. The van der Waals surface area contributed by atoms with E-state index in [0.717, 1.165) is 18.4 Å². The molecule has 0 N–H and O–H groups in total. The minimum Gasteiger partial charge on any atom is -0.465 e. The maximum atomic E-state index is 12.1. The first-order valence-electron chi connectivity index (χ1n) is 6.66. The van der Waals surface area contributed by atoms with Crippen molar-refractivity contribution >= 4 is 17.8 Å². The van der Waals surface area contributed by atoms with Crippen LogP contribution in [-0.4, -0.2) is 18.4 Å². The van der Waals surface area contributed by atoms with Gasteiger partial charge < -0.3 is 4.74 Å². The lowest BCUT2D eigenvalue weighted by molar-refractivity contribution is -0.151. The average Bonchev–Trinajstić information content (AvgIpc) is 3.23. The van der Waals surface area contributed by atoms with Crippen LogP contribution >= 0.6 is 0 Å². The van der Waals surface area contributed by atoms with Gasteiger partial charge in [0.1, 0.15) is 5.92 Å². The number of ether oxygens (including phenoxy) is 1. The zero-order chi connectivity index (χ0) is 13.7. The predicted molar refractivity (Wildman–Crippen MR) is 73.3 cm³/mol. The van der Waals surface area contributed by atoms with Gasteiger partial charge in [-0.3, -0.25) is 9.59 Å². The Labute approximate surface area is 113 Å². The third kappa shape index (κ3) is 3.78. The van der Waals surface area contributed by atoms with Crippen LogP contribution in [0.15, 0.2) is 36.4 Å². The monoisotopic (exact) mass is 258 g/mol. The van der Waals surface area contributed by atoms with Gasteiger partial charge in [0.05, 0.1) is 6.61 Å². The number of benzene rings is 1. The van der Waals surface area contributed by atoms with E-state index in [1.807, 2.05) is 30.3 Å². The molecule has 1 atom stereocenters. The molecule has 1 aliphatic carbocycles. The van der Waals surface area contributed by atoms with E-state index in [1.165, 1.54) is 6.08 Å². The molecule has 1 aromatic carbocycles. The lowest BCUT2D eigenvalue weighted by Crippen LogP contribution is -2.26. The molecule has 1 fully saturated rings. The molecule has 1 saturated carbocycles. The van der Waals surface area contributed by atoms with Crippen LogP contribution < -0.4 is 0 Å². The predicted octanol–water partition coefficient (Wildman–Crippen LogP) is 2.86. The van der Waals surface area contributed by atoms with Gasteiger partial charge in [0.25, 0.3) is 0 Å². The fourth-order valence-corrected chi connectivity index (χ4v) is 2.05. The van der Waals surface area contributed by atoms with Gasteiger partial charge >= 0.3 is 5.97 Å². The van der Waals surface area contributed by atoms with Crippen LogP contribution in [0.5, 0.6) is 0 Å². The number of carbonyl (C=O) groups is 2. The van der Waals surface area contributed by atoms with Crippen LogP contribution in [0.3, 0.4) is 0 Å². The highest BCUT2D eigenvalue weighted by molar-refractivity contribution is 6.07. The van der Waals surface area contributed by atoms with Crippen LogP contribution in [0, 0.1) is 11.8 Å². The number of ketones is 1. The van der Waals surface area contributed by atoms with Crippen molar-refractivity contribution in [3.8, 4) is 0 Å². The van der Waals surface area contributed by atoms with Gasteiger partial charge in [0.2, 0.25) is 0 Å². The molecule has 0 aromatic heterocycles. The molecule has 0 saturated heterocycles. The highest BCUT2D eigenvalue weighted by Gasteiger charge is 2.41. The minimum absolute atomic E-state index is 0.148. The van der Waals surface area contributed by atoms with E-state index in [0.29, 0.717) is 6.61 Å². The van der Waals surface area contributed by atoms with E-state index < -0.39 is 5.92 Å². The summed E-state index contributed by atoms with van der Waals surface area (Å²) in [5.41, 5.74) is 0.953. The summed E-state index contributed by atoms with van der Waals surface area (Å²) in [6.07, 6.45) is 5.12. The topological polar surface area (TPSA) is 43.4 Å². The minimum atomic E-state index is -0.611. The lowest BCUT2D eigenvalue weighted by Gasteiger charge is -2.11. The van der Waals surface area contributed by atoms with E-state index in [-0.39, 0.29) is 17.7 Å². The second kappa shape index (κ2) is 6.32. The Bertz CT molecular complexity index is 472. The highest BCUT2D eigenvalue weighted by atomic mass is 16.5. The molecule has 2 rings (SSSR count). The summed E-state index contributed by atoms with van der Waals surface area (Å²) in [6, 6.07) is 9.58. The van der Waals surface area contributed by atoms with Crippen molar-refractivity contribution in [2.45, 2.75) is 19.8 Å². The van der Waals surface area contributed by atoms with Crippen molar-refractivity contribution in [1.82, 2.24) is 0 Å². The fourth-order valence-electron chi connectivity index (χ4n) is 2.05. The average molecular weight is 258 g/mol. The molecular weight excluding hydrogens is 240 g/mol. The highest BCUT2D eigenvalue weighted by Crippen LogP contribution is 2.38. The summed E-state index contributed by atoms with van der Waals surface area (Å²) >= 11 is 0. The second-order valence-corrected chi connectivity index (χ2v) is 4.71. The van der Waals surface area contributed by atoms with Crippen molar-refractivity contribution in [1.29, 1.82) is 0 Å². The summed E-state index contributed by atoms with van der Waals surface area (Å²) in [5, 5.41) is 0. The van der Waals surface area contributed by atoms with Gasteiger partial charge in [-0.05, 0) is 37.3 Å². The fraction of sp³-hybridized carbons (Fsp3) is 0.375. The molecule has 0 aliphatic heterocycles. The SMILES string of the molecule is CCOC(=O)C(C(=O)C=Cc1ccccc1)C1CC1. The Morgan fingerprint density at radius 2 is 2.00 bits per heavy atom. The maximum absolute atomic E-state index is 12.1. The van der Waals surface area contributed by atoms with Gasteiger partial charge in [0, 0.05) is 0 Å². The second-order valence-electron chi connectivity index (χ2n) is 4.71. The molecule has 0 heterocycles. The first-order chi connectivity index (χ1) is 9.22. The molecule has 1 aliphatic rings. The van der Waals surface area contributed by atoms with E-state index in [4.69, 9.17) is 4.74 Å². The number of allylic oxidation sites excluding steroid dienone is 1. The third-order valence-electron chi connectivity index (χ3n) is 3.18. The lowest BCUT2D eigenvalue weighted by atomic mass is 9.97. The van der Waals surface area contributed by atoms with Gasteiger partial charge in [-0.2, -0.15) is 0 Å². The normalized spacial score (nSPS) is 16.3. The molecule has 0 radical (unpaired) electrons. The Kier molecular flexibility index (Phi) is 4.50. The number of rotatable bonds is 6. The van der Waals surface area contributed by atoms with E-state index >= 15 is 0 Å². The van der Waals surface area contributed by atoms with Crippen LogP contribution in [0.4, 0.5) is 0 Å². The molecule has 1 unspecified atom stereocenters. The number of hydrogen-bond acceptors (Lipinski definition) is 3. The van der Waals surface area contributed by atoms with Gasteiger partial charge in [0.15, 0.2) is 5.78 Å². The zero-order valence-electron chi connectivity index (χ0n) is 11.0. The Morgan fingerprint density at radius 1 is 1.32 bits per heavy atom. The van der Waals surface area contributed by atoms with Crippen molar-refractivity contribution in [2.75, 3.05) is 6.61 Å². The van der Waals surface area contributed by atoms with Crippen LogP contribution in [0.25, 0.3) is 6.08 Å². The van der Waals surface area contributed by atoms with Crippen LogP contribution in [0.2, 0.25) is 0 Å². The number of esters is 1. The van der Waals surface area contributed by atoms with Crippen molar-refractivity contribution in [3.63, 3.8) is 0 Å². The summed E-state index contributed by atoms with van der Waals surface area (Å²) < 4.78 is 4.98. The van der Waals surface area contributed by atoms with Gasteiger partial charge in [-0.1, -0.05) is 36.4 Å². The Balaban J connectivity index is 2.04. The molecule has 0 amide bonds. The van der Waals surface area contributed by atoms with Gasteiger partial charge in [-0.15, -0.1) is 0 Å². The molecule has 3 nitrogen and oxygen atoms in total. The molecule has 3 heteroatoms. The number of hydrogen-bond donors (Lipinski definition) is 0. The van der Waals surface area contributed by atoms with Gasteiger partial charge in [-0.25, -0.2) is 0 Å². The van der Waals surface area contributed by atoms with E-state index in [1.54, 1.807) is 13.0 Å². The third-order valence-corrected chi connectivity index (χ3v) is 3.18. The van der Waals surface area contributed by atoms with Crippen molar-refractivity contribution < 1.29 is 14.3 Å². The quantitative estimate of drug-likeness (QED) is 0.447. The molecule has 0 bridgehead atoms. The van der Waals surface area contributed by atoms with Crippen LogP contribution in [0.1, 0.15) is 25.3 Å². The summed E-state index contributed by atoms with van der Waals surface area (Å²) in [7, 11) is 0. The first kappa shape index (κ1) is 13.5. The first-order valence-corrected chi connectivity index (χ1v) is 6.66.